The number of methoxy groups -OCH3 is 1. The Morgan fingerprint density at radius 3 is 2.63 bits per heavy atom. The number of nitrogens with one attached hydrogen (secondary N) is 1. The van der Waals surface area contributed by atoms with Crippen LogP contribution in [0, 0.1) is 17.8 Å². The van der Waals surface area contributed by atoms with Crippen LogP contribution in [0.25, 0.3) is 0 Å². The smallest absolute Gasteiger partial charge is 0.247 e. The van der Waals surface area contributed by atoms with E-state index in [-0.39, 0.29) is 25.6 Å². The topological polar surface area (TPSA) is 125 Å². The van der Waals surface area contributed by atoms with Crippen LogP contribution >= 0.6 is 11.6 Å². The van der Waals surface area contributed by atoms with Crippen LogP contribution in [0.2, 0.25) is 5.02 Å². The van der Waals surface area contributed by atoms with Crippen LogP contribution in [0.3, 0.4) is 0 Å². The summed E-state index contributed by atoms with van der Waals surface area (Å²) >= 11 is 6.14. The fourth-order valence-corrected chi connectivity index (χ4v) is 7.80. The van der Waals surface area contributed by atoms with Crippen molar-refractivity contribution in [3.63, 3.8) is 0 Å². The van der Waals surface area contributed by atoms with Crippen LogP contribution in [-0.4, -0.2) is 71.7 Å². The summed E-state index contributed by atoms with van der Waals surface area (Å²) in [6, 6.07) is 9.55. The Balaban J connectivity index is 1.40. The fraction of sp³-hybridized carbons (Fsp3) is 0.485. The van der Waals surface area contributed by atoms with Crippen molar-refractivity contribution in [3.8, 4) is 11.5 Å². The van der Waals surface area contributed by atoms with E-state index in [0.717, 1.165) is 18.4 Å². The highest BCUT2D eigenvalue weighted by Crippen LogP contribution is 2.52. The van der Waals surface area contributed by atoms with E-state index in [1.165, 1.54) is 20.0 Å². The van der Waals surface area contributed by atoms with E-state index in [1.807, 2.05) is 12.1 Å². The molecule has 1 aliphatic heterocycles. The van der Waals surface area contributed by atoms with E-state index in [0.29, 0.717) is 63.7 Å². The number of aldehydes is 1. The van der Waals surface area contributed by atoms with Crippen LogP contribution in [0.15, 0.2) is 48.0 Å². The van der Waals surface area contributed by atoms with E-state index in [2.05, 4.69) is 5.32 Å². The number of fused-ring (bicyclic) bond motifs is 5. The number of halogens is 1. The summed E-state index contributed by atoms with van der Waals surface area (Å²) in [5, 5.41) is 24.6. The van der Waals surface area contributed by atoms with Crippen molar-refractivity contribution in [1.29, 1.82) is 0 Å². The first-order chi connectivity index (χ1) is 20.8. The van der Waals surface area contributed by atoms with Crippen LogP contribution in [0.4, 0.5) is 0 Å². The normalized spacial score (nSPS) is 28.4. The maximum absolute atomic E-state index is 14.2. The van der Waals surface area contributed by atoms with Gasteiger partial charge in [-0.1, -0.05) is 30.2 Å². The molecule has 2 aromatic carbocycles. The SMILES string of the molecule is COc1cc(C=O)cc2c1OC1C2C(C(=O)NCCO)=CC(N(Cc2ccc(Cl)cc2)C(=O)CC2CC3CCC2C3)C1O. The Kier molecular flexibility index (Phi) is 8.49. The molecular formula is C33H37ClN2O7. The summed E-state index contributed by atoms with van der Waals surface area (Å²) in [6.07, 6.45) is 5.23. The molecule has 1 heterocycles. The standard InChI is InChI=1S/C33H37ClN2O7/c1-42-27-13-20(17-38)12-24-29-25(33(41)35-8-9-37)15-26(30(40)32(29)43-31(24)27)36(16-18-3-6-23(34)7-4-18)28(39)14-22-11-19-2-5-21(22)10-19/h3-4,6-7,12-13,15,17,19,21-22,26,29-30,32,37,40H,2,5,8-11,14,16H2,1H3,(H,35,41). The van der Waals surface area contributed by atoms with E-state index in [9.17, 15) is 24.6 Å². The number of aliphatic hydroxyl groups is 2. The quantitative estimate of drug-likeness (QED) is 0.352. The van der Waals surface area contributed by atoms with Gasteiger partial charge in [-0.15, -0.1) is 0 Å². The van der Waals surface area contributed by atoms with Gasteiger partial charge in [-0.2, -0.15) is 0 Å². The molecular weight excluding hydrogens is 572 g/mol. The maximum atomic E-state index is 14.2. The molecule has 4 aliphatic rings. The number of rotatable bonds is 10. The average molecular weight is 609 g/mol. The summed E-state index contributed by atoms with van der Waals surface area (Å²) in [6.45, 7) is -0.00648. The molecule has 10 heteroatoms. The molecule has 3 N–H and O–H groups in total. The van der Waals surface area contributed by atoms with Crippen LogP contribution in [0.5, 0.6) is 11.5 Å². The van der Waals surface area contributed by atoms with Gasteiger partial charge in [0.05, 0.1) is 25.7 Å². The average Bonchev–Trinajstić information content (AvgIpc) is 3.74. The van der Waals surface area contributed by atoms with Gasteiger partial charge in [0.1, 0.15) is 18.5 Å². The Morgan fingerprint density at radius 2 is 1.98 bits per heavy atom. The highest BCUT2D eigenvalue weighted by molar-refractivity contribution is 6.30. The molecule has 2 aromatic rings. The van der Waals surface area contributed by atoms with E-state index < -0.39 is 30.1 Å². The molecule has 2 bridgehead atoms. The number of ether oxygens (including phenoxy) is 2. The fourth-order valence-electron chi connectivity index (χ4n) is 7.67. The highest BCUT2D eigenvalue weighted by atomic mass is 35.5. The predicted octanol–water partition coefficient (Wildman–Crippen LogP) is 3.64. The minimum absolute atomic E-state index is 0.0316. The summed E-state index contributed by atoms with van der Waals surface area (Å²) in [4.78, 5) is 41.1. The lowest BCUT2D eigenvalue weighted by atomic mass is 9.77. The predicted molar refractivity (Wildman–Crippen MR) is 159 cm³/mol. The molecule has 7 unspecified atom stereocenters. The van der Waals surface area contributed by atoms with Crippen molar-refractivity contribution in [1.82, 2.24) is 10.2 Å². The number of aliphatic hydroxyl groups excluding tert-OH is 2. The third-order valence-electron chi connectivity index (χ3n) is 9.68. The number of amides is 2. The lowest BCUT2D eigenvalue weighted by Crippen LogP contribution is -2.55. The second-order valence-corrected chi connectivity index (χ2v) is 12.6. The number of hydrogen-bond acceptors (Lipinski definition) is 7. The molecule has 0 saturated heterocycles. The van der Waals surface area contributed by atoms with Gasteiger partial charge in [-0.05, 0) is 72.9 Å². The molecule has 2 fully saturated rings. The summed E-state index contributed by atoms with van der Waals surface area (Å²) in [5.74, 6) is 0.965. The molecule has 3 aliphatic carbocycles. The number of carbonyl (C=O) groups excluding carboxylic acids is 3. The first-order valence-electron chi connectivity index (χ1n) is 15.0. The zero-order chi connectivity index (χ0) is 30.2. The zero-order valence-electron chi connectivity index (χ0n) is 24.1. The van der Waals surface area contributed by atoms with Gasteiger partial charge >= 0.3 is 0 Å². The molecule has 6 rings (SSSR count). The first-order valence-corrected chi connectivity index (χ1v) is 15.4. The highest BCUT2D eigenvalue weighted by Gasteiger charge is 2.52. The van der Waals surface area contributed by atoms with Gasteiger partial charge in [0.2, 0.25) is 11.8 Å². The van der Waals surface area contributed by atoms with Crippen molar-refractivity contribution in [2.75, 3.05) is 20.3 Å². The van der Waals surface area contributed by atoms with Crippen molar-refractivity contribution < 1.29 is 34.1 Å². The minimum atomic E-state index is -1.19. The van der Waals surface area contributed by atoms with Gasteiger partial charge in [0, 0.05) is 41.2 Å². The Morgan fingerprint density at radius 1 is 1.19 bits per heavy atom. The van der Waals surface area contributed by atoms with Crippen molar-refractivity contribution in [2.24, 2.45) is 17.8 Å². The van der Waals surface area contributed by atoms with Gasteiger partial charge in [-0.3, -0.25) is 14.4 Å². The molecule has 2 amide bonds. The van der Waals surface area contributed by atoms with Gasteiger partial charge in [-0.25, -0.2) is 0 Å². The third kappa shape index (κ3) is 5.66. The Bertz CT molecular complexity index is 1430. The molecule has 2 saturated carbocycles. The maximum Gasteiger partial charge on any atom is 0.247 e. The van der Waals surface area contributed by atoms with E-state index in [1.54, 1.807) is 35.2 Å². The number of hydrogen-bond donors (Lipinski definition) is 3. The summed E-state index contributed by atoms with van der Waals surface area (Å²) < 4.78 is 11.8. The number of benzene rings is 2. The van der Waals surface area contributed by atoms with Crippen LogP contribution in [-0.2, 0) is 16.1 Å². The monoisotopic (exact) mass is 608 g/mol. The molecule has 0 aromatic heterocycles. The largest absolute Gasteiger partial charge is 0.493 e. The molecule has 9 nitrogen and oxygen atoms in total. The number of carbonyl (C=O) groups is 3. The lowest BCUT2D eigenvalue weighted by Gasteiger charge is -2.41. The van der Waals surface area contributed by atoms with Crippen molar-refractivity contribution >= 4 is 29.7 Å². The summed E-state index contributed by atoms with van der Waals surface area (Å²) in [7, 11) is 1.46. The molecule has 0 radical (unpaired) electrons. The van der Waals surface area contributed by atoms with E-state index in [4.69, 9.17) is 21.1 Å². The molecule has 43 heavy (non-hydrogen) atoms. The second-order valence-electron chi connectivity index (χ2n) is 12.2. The van der Waals surface area contributed by atoms with Crippen LogP contribution < -0.4 is 14.8 Å². The van der Waals surface area contributed by atoms with Crippen molar-refractivity contribution in [3.05, 3.63) is 69.8 Å². The molecule has 7 atom stereocenters. The minimum Gasteiger partial charge on any atom is -0.493 e. The lowest BCUT2D eigenvalue weighted by molar-refractivity contribution is -0.139. The molecule has 228 valence electrons. The van der Waals surface area contributed by atoms with Crippen molar-refractivity contribution in [2.45, 2.75) is 62.8 Å². The Hall–Kier alpha value is -3.40. The van der Waals surface area contributed by atoms with Crippen LogP contribution in [0.1, 0.15) is 59.5 Å². The first kappa shape index (κ1) is 29.7. The third-order valence-corrected chi connectivity index (χ3v) is 9.93. The second kappa shape index (κ2) is 12.3. The number of nitrogens with zero attached hydrogens (tertiary/aromatic N) is 1. The van der Waals surface area contributed by atoms with Gasteiger partial charge in [0.15, 0.2) is 11.5 Å². The van der Waals surface area contributed by atoms with Gasteiger partial charge in [0.25, 0.3) is 0 Å². The zero-order valence-corrected chi connectivity index (χ0v) is 24.8. The Labute approximate surface area is 255 Å². The molecule has 0 spiro atoms. The van der Waals surface area contributed by atoms with Gasteiger partial charge < -0.3 is 29.9 Å². The van der Waals surface area contributed by atoms with E-state index >= 15 is 0 Å². The summed E-state index contributed by atoms with van der Waals surface area (Å²) in [5.41, 5.74) is 2.03.